The van der Waals surface area contributed by atoms with Gasteiger partial charge >= 0.3 is 0 Å². The third kappa shape index (κ3) is 3.70. The average Bonchev–Trinajstić information content (AvgIpc) is 2.91. The first-order valence-corrected chi connectivity index (χ1v) is 14.2. The highest BCUT2D eigenvalue weighted by molar-refractivity contribution is 9.10. The van der Waals surface area contributed by atoms with E-state index in [0.29, 0.717) is 0 Å². The van der Waals surface area contributed by atoms with Crippen molar-refractivity contribution in [3.8, 4) is 22.3 Å². The standard InChI is InChI=1S/C34H24Br2/c35-27-13-9-21(10-14-27)33-29-7-3-4-8-30(29)34(22-11-15-28(36)16-12-22)32-20-26-18-24-6-2-1-5-23(24)17-25(26)19-31(32)33/h1-2,5-6,9-20H,3-4,7-8H2. The number of halogens is 2. The van der Waals surface area contributed by atoms with Crippen molar-refractivity contribution in [1.82, 2.24) is 0 Å². The van der Waals surface area contributed by atoms with E-state index in [0.717, 1.165) is 21.8 Å². The van der Waals surface area contributed by atoms with Crippen molar-refractivity contribution in [3.63, 3.8) is 0 Å². The SMILES string of the molecule is Brc1ccc(-c2c3c(c(-c4ccc(Br)cc4)c4cc5cc6ccccc6cc5cc24)CCCC3)cc1. The molecule has 2 heteroatoms. The van der Waals surface area contributed by atoms with Crippen molar-refractivity contribution in [2.75, 3.05) is 0 Å². The minimum atomic E-state index is 1.12. The van der Waals surface area contributed by atoms with E-state index in [1.807, 2.05) is 0 Å². The van der Waals surface area contributed by atoms with E-state index in [1.54, 1.807) is 0 Å². The molecule has 0 saturated heterocycles. The summed E-state index contributed by atoms with van der Waals surface area (Å²) in [6.07, 6.45) is 4.77. The molecule has 0 atom stereocenters. The van der Waals surface area contributed by atoms with E-state index in [1.165, 1.54) is 78.5 Å². The molecule has 0 aromatic heterocycles. The summed E-state index contributed by atoms with van der Waals surface area (Å²) in [5.74, 6) is 0. The number of benzene rings is 6. The Morgan fingerprint density at radius 1 is 0.444 bits per heavy atom. The van der Waals surface area contributed by atoms with E-state index in [2.05, 4.69) is 129 Å². The Labute approximate surface area is 228 Å². The number of hydrogen-bond acceptors (Lipinski definition) is 0. The Kier molecular flexibility index (Phi) is 5.49. The second-order valence-corrected chi connectivity index (χ2v) is 11.7. The Morgan fingerprint density at radius 2 is 0.861 bits per heavy atom. The van der Waals surface area contributed by atoms with Gasteiger partial charge in [0.15, 0.2) is 0 Å². The van der Waals surface area contributed by atoms with Crippen molar-refractivity contribution in [2.45, 2.75) is 25.7 Å². The van der Waals surface area contributed by atoms with Gasteiger partial charge in [0.25, 0.3) is 0 Å². The molecule has 0 N–H and O–H groups in total. The smallest absolute Gasteiger partial charge is 0.0175 e. The lowest BCUT2D eigenvalue weighted by molar-refractivity contribution is 0.689. The van der Waals surface area contributed by atoms with Crippen molar-refractivity contribution < 1.29 is 0 Å². The van der Waals surface area contributed by atoms with Gasteiger partial charge in [-0.25, -0.2) is 0 Å². The first kappa shape index (κ1) is 22.3. The van der Waals surface area contributed by atoms with Crippen LogP contribution in [0.15, 0.2) is 106 Å². The largest absolute Gasteiger partial charge is 0.0616 e. The van der Waals surface area contributed by atoms with Crippen LogP contribution in [0.5, 0.6) is 0 Å². The quantitative estimate of drug-likeness (QED) is 0.176. The molecule has 0 radical (unpaired) electrons. The van der Waals surface area contributed by atoms with E-state index in [-0.39, 0.29) is 0 Å². The van der Waals surface area contributed by atoms with Crippen LogP contribution in [0.25, 0.3) is 54.6 Å². The fourth-order valence-electron chi connectivity index (χ4n) is 6.08. The second kappa shape index (κ2) is 8.87. The number of hydrogen-bond donors (Lipinski definition) is 0. The Balaban J connectivity index is 1.66. The van der Waals surface area contributed by atoms with Gasteiger partial charge in [-0.05, 0) is 140 Å². The summed E-state index contributed by atoms with van der Waals surface area (Å²) >= 11 is 7.28. The summed E-state index contributed by atoms with van der Waals surface area (Å²) < 4.78 is 2.24. The first-order chi connectivity index (χ1) is 17.7. The fraction of sp³-hybridized carbons (Fsp3) is 0.118. The summed E-state index contributed by atoms with van der Waals surface area (Å²) in [7, 11) is 0. The zero-order valence-corrected chi connectivity index (χ0v) is 23.0. The van der Waals surface area contributed by atoms with Crippen LogP contribution < -0.4 is 0 Å². The molecule has 0 bridgehead atoms. The minimum Gasteiger partial charge on any atom is -0.0616 e. The van der Waals surface area contributed by atoms with Gasteiger partial charge in [-0.2, -0.15) is 0 Å². The maximum atomic E-state index is 3.64. The van der Waals surface area contributed by atoms with Crippen LogP contribution in [-0.2, 0) is 12.8 Å². The molecule has 0 heterocycles. The van der Waals surface area contributed by atoms with Gasteiger partial charge in [0.05, 0.1) is 0 Å². The van der Waals surface area contributed by atoms with E-state index in [4.69, 9.17) is 0 Å². The van der Waals surface area contributed by atoms with Crippen molar-refractivity contribution in [1.29, 1.82) is 0 Å². The zero-order chi connectivity index (χ0) is 24.2. The lowest BCUT2D eigenvalue weighted by Gasteiger charge is -2.27. The molecule has 0 saturated carbocycles. The molecule has 6 aromatic rings. The van der Waals surface area contributed by atoms with Gasteiger partial charge in [0, 0.05) is 8.95 Å². The number of rotatable bonds is 2. The normalized spacial score (nSPS) is 13.4. The molecule has 0 fully saturated rings. The third-order valence-corrected chi connectivity index (χ3v) is 8.77. The van der Waals surface area contributed by atoms with Crippen LogP contribution in [0.4, 0.5) is 0 Å². The van der Waals surface area contributed by atoms with Crippen LogP contribution in [-0.4, -0.2) is 0 Å². The van der Waals surface area contributed by atoms with Gasteiger partial charge in [0.1, 0.15) is 0 Å². The molecule has 1 aliphatic rings. The van der Waals surface area contributed by atoms with Crippen LogP contribution in [0, 0.1) is 0 Å². The number of fused-ring (bicyclic) bond motifs is 4. The fourth-order valence-corrected chi connectivity index (χ4v) is 6.61. The average molecular weight is 592 g/mol. The summed E-state index contributed by atoms with van der Waals surface area (Å²) in [4.78, 5) is 0. The first-order valence-electron chi connectivity index (χ1n) is 12.6. The second-order valence-electron chi connectivity index (χ2n) is 9.87. The Hall–Kier alpha value is -2.94. The van der Waals surface area contributed by atoms with Crippen LogP contribution >= 0.6 is 31.9 Å². The molecule has 174 valence electrons. The summed E-state index contributed by atoms with van der Waals surface area (Å²) in [6.45, 7) is 0. The van der Waals surface area contributed by atoms with Crippen molar-refractivity contribution in [2.24, 2.45) is 0 Å². The summed E-state index contributed by atoms with van der Waals surface area (Å²) in [5.41, 5.74) is 8.53. The van der Waals surface area contributed by atoms with Gasteiger partial charge in [-0.15, -0.1) is 0 Å². The maximum absolute atomic E-state index is 3.64. The Bertz CT molecular complexity index is 1650. The van der Waals surface area contributed by atoms with Crippen LogP contribution in [0.2, 0.25) is 0 Å². The molecule has 0 nitrogen and oxygen atoms in total. The zero-order valence-electron chi connectivity index (χ0n) is 19.8. The highest BCUT2D eigenvalue weighted by Crippen LogP contribution is 2.46. The molecule has 0 unspecified atom stereocenters. The van der Waals surface area contributed by atoms with Gasteiger partial charge in [-0.3, -0.25) is 0 Å². The molecule has 0 amide bonds. The van der Waals surface area contributed by atoms with Crippen LogP contribution in [0.1, 0.15) is 24.0 Å². The van der Waals surface area contributed by atoms with Crippen molar-refractivity contribution in [3.05, 3.63) is 117 Å². The minimum absolute atomic E-state index is 1.12. The third-order valence-electron chi connectivity index (χ3n) is 7.72. The molecule has 7 rings (SSSR count). The lowest BCUT2D eigenvalue weighted by Crippen LogP contribution is -2.08. The molecular formula is C34H24Br2. The van der Waals surface area contributed by atoms with Gasteiger partial charge < -0.3 is 0 Å². The topological polar surface area (TPSA) is 0 Å². The molecule has 36 heavy (non-hydrogen) atoms. The highest BCUT2D eigenvalue weighted by Gasteiger charge is 2.24. The van der Waals surface area contributed by atoms with E-state index >= 15 is 0 Å². The monoisotopic (exact) mass is 590 g/mol. The highest BCUT2D eigenvalue weighted by atomic mass is 79.9. The summed E-state index contributed by atoms with van der Waals surface area (Å²) in [5, 5.41) is 7.91. The summed E-state index contributed by atoms with van der Waals surface area (Å²) in [6, 6.07) is 36.1. The Morgan fingerprint density at radius 3 is 1.28 bits per heavy atom. The molecule has 1 aliphatic carbocycles. The van der Waals surface area contributed by atoms with Crippen LogP contribution in [0.3, 0.4) is 0 Å². The van der Waals surface area contributed by atoms with E-state index in [9.17, 15) is 0 Å². The predicted molar refractivity (Wildman–Crippen MR) is 162 cm³/mol. The predicted octanol–water partition coefficient (Wildman–Crippen LogP) is 10.9. The molecular weight excluding hydrogens is 568 g/mol. The molecule has 0 spiro atoms. The molecule has 0 aliphatic heterocycles. The maximum Gasteiger partial charge on any atom is 0.0175 e. The van der Waals surface area contributed by atoms with Crippen molar-refractivity contribution >= 4 is 64.2 Å². The van der Waals surface area contributed by atoms with E-state index < -0.39 is 0 Å². The molecule has 6 aromatic carbocycles. The van der Waals surface area contributed by atoms with Gasteiger partial charge in [0.2, 0.25) is 0 Å². The van der Waals surface area contributed by atoms with Gasteiger partial charge in [-0.1, -0.05) is 80.4 Å². The lowest BCUT2D eigenvalue weighted by atomic mass is 9.77.